The number of nitrogens with zero attached hydrogens (tertiary/aromatic N) is 5. The Labute approximate surface area is 192 Å². The van der Waals surface area contributed by atoms with Gasteiger partial charge in [-0.2, -0.15) is 10.3 Å². The van der Waals surface area contributed by atoms with Crippen LogP contribution in [0.1, 0.15) is 31.8 Å². The molecule has 1 N–H and O–H groups in total. The zero-order valence-electron chi connectivity index (χ0n) is 19.2. The van der Waals surface area contributed by atoms with Gasteiger partial charge >= 0.3 is 0 Å². The minimum Gasteiger partial charge on any atom is -0.382 e. The first kappa shape index (κ1) is 24.2. The minimum atomic E-state index is -1.24. The van der Waals surface area contributed by atoms with Gasteiger partial charge in [0.05, 0.1) is 45.2 Å². The number of fused-ring (bicyclic) bond motifs is 3. The molecule has 0 radical (unpaired) electrons. The number of ether oxygens (including phenoxy) is 2. The molecule has 180 valence electrons. The van der Waals surface area contributed by atoms with E-state index in [9.17, 15) is 4.79 Å². The van der Waals surface area contributed by atoms with Gasteiger partial charge < -0.3 is 23.5 Å². The number of hydrogen-bond acceptors (Lipinski definition) is 10. The van der Waals surface area contributed by atoms with Crippen LogP contribution in [-0.4, -0.2) is 82.5 Å². The van der Waals surface area contributed by atoms with Crippen molar-refractivity contribution in [1.29, 1.82) is 5.26 Å². The maximum Gasteiger partial charge on any atom is 0.279 e. The van der Waals surface area contributed by atoms with Crippen molar-refractivity contribution in [3.8, 4) is 6.07 Å². The van der Waals surface area contributed by atoms with Crippen molar-refractivity contribution in [3.05, 3.63) is 22.5 Å². The van der Waals surface area contributed by atoms with Gasteiger partial charge in [0.15, 0.2) is 25.8 Å². The molecular weight excluding hydrogens is 451 g/mol. The molecule has 1 unspecified atom stereocenters. The third kappa shape index (κ3) is 4.55. The summed E-state index contributed by atoms with van der Waals surface area (Å²) in [5.74, 6) is 0.492. The van der Waals surface area contributed by atoms with Crippen LogP contribution < -0.4 is 5.56 Å². The summed E-state index contributed by atoms with van der Waals surface area (Å²) < 4.78 is 25.6. The first-order valence-corrected chi connectivity index (χ1v) is 12.5. The highest BCUT2D eigenvalue weighted by molar-refractivity contribution is 7.46. The van der Waals surface area contributed by atoms with Gasteiger partial charge in [0.25, 0.3) is 5.56 Å². The first-order valence-electron chi connectivity index (χ1n) is 10.8. The average molecular weight is 480 g/mol. The summed E-state index contributed by atoms with van der Waals surface area (Å²) in [6, 6.07) is 1.74. The van der Waals surface area contributed by atoms with Crippen molar-refractivity contribution in [2.75, 3.05) is 40.1 Å². The molecule has 13 heteroatoms. The third-order valence-corrected chi connectivity index (χ3v) is 7.02. The summed E-state index contributed by atoms with van der Waals surface area (Å²) in [6.07, 6.45) is 1.66. The monoisotopic (exact) mass is 480 g/mol. The fourth-order valence-electron chi connectivity index (χ4n) is 4.41. The number of methoxy groups -OCH3 is 1. The van der Waals surface area contributed by atoms with Crippen LogP contribution in [0.25, 0.3) is 11.2 Å². The van der Waals surface area contributed by atoms with E-state index in [0.29, 0.717) is 50.7 Å². The zero-order valence-corrected chi connectivity index (χ0v) is 20.1. The Bertz CT molecular complexity index is 1070. The largest absolute Gasteiger partial charge is 0.382 e. The average Bonchev–Trinajstić information content (AvgIpc) is 3.42. The fraction of sp³-hybridized carbons (Fsp3) is 0.700. The number of imidazole rings is 1. The molecule has 2 aliphatic rings. The molecule has 2 aliphatic heterocycles. The molecule has 2 fully saturated rings. The predicted octanol–water partition coefficient (Wildman–Crippen LogP) is 1.62. The van der Waals surface area contributed by atoms with E-state index in [0.717, 1.165) is 0 Å². The Morgan fingerprint density at radius 2 is 2.24 bits per heavy atom. The summed E-state index contributed by atoms with van der Waals surface area (Å²) in [5.41, 5.74) is -0.252. The molecule has 0 aliphatic carbocycles. The Hall–Kier alpha value is -1.97. The van der Waals surface area contributed by atoms with E-state index in [-0.39, 0.29) is 23.2 Å². The lowest BCUT2D eigenvalue weighted by Gasteiger charge is -2.36. The second-order valence-electron chi connectivity index (χ2n) is 8.00. The van der Waals surface area contributed by atoms with Gasteiger partial charge in [0.1, 0.15) is 23.6 Å². The highest BCUT2D eigenvalue weighted by Crippen LogP contribution is 2.54. The van der Waals surface area contributed by atoms with Crippen LogP contribution >= 0.6 is 8.38 Å². The van der Waals surface area contributed by atoms with Gasteiger partial charge in [-0.25, -0.2) is 9.97 Å². The molecule has 5 atom stereocenters. The molecule has 0 amide bonds. The quantitative estimate of drug-likeness (QED) is 0.373. The van der Waals surface area contributed by atoms with Crippen molar-refractivity contribution >= 4 is 19.5 Å². The number of H-pyrrole nitrogens is 1. The summed E-state index contributed by atoms with van der Waals surface area (Å²) in [5, 5.41) is 10.7. The number of hydroxylamine groups is 2. The second kappa shape index (κ2) is 10.1. The summed E-state index contributed by atoms with van der Waals surface area (Å²) in [6.45, 7) is 7.29. The van der Waals surface area contributed by atoms with Gasteiger partial charge in [0.2, 0.25) is 0 Å². The molecule has 0 saturated carbocycles. The molecule has 33 heavy (non-hydrogen) atoms. The molecule has 4 rings (SSSR count). The molecular formula is C20H29N6O6P. The smallest absolute Gasteiger partial charge is 0.279 e. The van der Waals surface area contributed by atoms with Crippen LogP contribution in [0, 0.1) is 18.3 Å². The van der Waals surface area contributed by atoms with E-state index >= 15 is 0 Å². The van der Waals surface area contributed by atoms with E-state index in [2.05, 4.69) is 21.0 Å². The van der Waals surface area contributed by atoms with Crippen molar-refractivity contribution in [3.63, 3.8) is 0 Å². The highest BCUT2D eigenvalue weighted by atomic mass is 31.2. The molecule has 4 heterocycles. The number of hydrogen-bond donors (Lipinski definition) is 1. The van der Waals surface area contributed by atoms with Crippen molar-refractivity contribution < 1.29 is 23.4 Å². The summed E-state index contributed by atoms with van der Waals surface area (Å²) in [7, 11) is 0.378. The molecule has 2 aromatic rings. The van der Waals surface area contributed by atoms with Gasteiger partial charge in [0, 0.05) is 13.8 Å². The maximum atomic E-state index is 12.4. The summed E-state index contributed by atoms with van der Waals surface area (Å²) >= 11 is 0. The lowest BCUT2D eigenvalue weighted by atomic mass is 9.96. The van der Waals surface area contributed by atoms with Crippen LogP contribution in [0.2, 0.25) is 0 Å². The molecule has 2 saturated heterocycles. The number of aryl methyl sites for hydroxylation is 1. The number of nitrogens with one attached hydrogen (secondary N) is 1. The second-order valence-corrected chi connectivity index (χ2v) is 9.35. The number of aromatic nitrogens is 4. The van der Waals surface area contributed by atoms with Crippen LogP contribution in [0.5, 0.6) is 0 Å². The van der Waals surface area contributed by atoms with Crippen molar-refractivity contribution in [1.82, 2.24) is 24.6 Å². The van der Waals surface area contributed by atoms with Crippen LogP contribution in [-0.2, 0) is 23.4 Å². The number of aromatic amines is 1. The molecule has 12 nitrogen and oxygen atoms in total. The van der Waals surface area contributed by atoms with E-state index in [1.54, 1.807) is 24.9 Å². The van der Waals surface area contributed by atoms with E-state index in [1.165, 1.54) is 0 Å². The molecule has 0 aromatic carbocycles. The lowest BCUT2D eigenvalue weighted by Crippen LogP contribution is -2.45. The Balaban J connectivity index is 1.67. The van der Waals surface area contributed by atoms with E-state index in [1.807, 2.05) is 18.7 Å². The van der Waals surface area contributed by atoms with Gasteiger partial charge in [-0.3, -0.25) is 14.2 Å². The normalized spacial score (nSPS) is 27.9. The topological polar surface area (TPSA) is 137 Å². The SMILES string of the molecule is CC[C@@]12CN(OCCOC)[C@@H]([C@H](n3cnc4c(=O)[nH]c(C)nc43)O1)[C@@H]2OP(C)OCCC#N. The van der Waals surface area contributed by atoms with Gasteiger partial charge in [-0.1, -0.05) is 6.92 Å². The van der Waals surface area contributed by atoms with Crippen LogP contribution in [0.15, 0.2) is 11.1 Å². The van der Waals surface area contributed by atoms with Crippen LogP contribution in [0.3, 0.4) is 0 Å². The number of morpholine rings is 1. The van der Waals surface area contributed by atoms with E-state index in [4.69, 9.17) is 28.6 Å². The summed E-state index contributed by atoms with van der Waals surface area (Å²) in [4.78, 5) is 29.9. The van der Waals surface area contributed by atoms with E-state index < -0.39 is 20.2 Å². The van der Waals surface area contributed by atoms with Crippen molar-refractivity contribution in [2.45, 2.75) is 50.7 Å². The van der Waals surface area contributed by atoms with Gasteiger partial charge in [-0.15, -0.1) is 0 Å². The molecule has 2 aromatic heterocycles. The number of nitriles is 1. The Morgan fingerprint density at radius 3 is 2.97 bits per heavy atom. The highest BCUT2D eigenvalue weighted by Gasteiger charge is 2.65. The third-order valence-electron chi connectivity index (χ3n) is 5.95. The zero-order chi connectivity index (χ0) is 23.6. The van der Waals surface area contributed by atoms with Gasteiger partial charge in [-0.05, 0) is 13.3 Å². The number of rotatable bonds is 11. The van der Waals surface area contributed by atoms with Crippen LogP contribution in [0.4, 0.5) is 0 Å². The molecule has 2 bridgehead atoms. The lowest BCUT2D eigenvalue weighted by molar-refractivity contribution is -0.251. The minimum absolute atomic E-state index is 0.249. The molecule has 0 spiro atoms. The predicted molar refractivity (Wildman–Crippen MR) is 118 cm³/mol. The standard InChI is InChI=1S/C20H29N6O6P/c1-5-20-11-26(29-10-9-28-3)15(16(20)32-33(4)30-8-6-7-21)19(31-20)25-12-22-14-17(25)23-13(2)24-18(14)27/h12,15-16,19H,5-6,8-11H2,1-4H3,(H,23,24,27)/t15-,16+,19-,20+,33?/m1/s1. The maximum absolute atomic E-state index is 12.4. The van der Waals surface area contributed by atoms with Crippen molar-refractivity contribution in [2.24, 2.45) is 0 Å². The Morgan fingerprint density at radius 1 is 1.42 bits per heavy atom. The first-order chi connectivity index (χ1) is 15.9. The fourth-order valence-corrected chi connectivity index (χ4v) is 5.45. The Kier molecular flexibility index (Phi) is 7.40.